The van der Waals surface area contributed by atoms with E-state index in [9.17, 15) is 0 Å². The van der Waals surface area contributed by atoms with Crippen molar-refractivity contribution in [3.63, 3.8) is 0 Å². The zero-order valence-electron chi connectivity index (χ0n) is 33.6. The molecular formula is C56H53N. The van der Waals surface area contributed by atoms with Gasteiger partial charge in [-0.2, -0.15) is 0 Å². The average Bonchev–Trinajstić information content (AvgIpc) is 3.97. The van der Waals surface area contributed by atoms with Crippen LogP contribution in [-0.4, -0.2) is 0 Å². The first-order valence-electron chi connectivity index (χ1n) is 21.9. The van der Waals surface area contributed by atoms with Gasteiger partial charge in [-0.1, -0.05) is 161 Å². The molecule has 7 aromatic rings. The van der Waals surface area contributed by atoms with Gasteiger partial charge < -0.3 is 4.90 Å². The van der Waals surface area contributed by atoms with Crippen LogP contribution in [0.4, 0.5) is 17.1 Å². The first-order chi connectivity index (χ1) is 28.0. The number of hydrogen-bond acceptors (Lipinski definition) is 1. The van der Waals surface area contributed by atoms with Crippen LogP contribution < -0.4 is 4.90 Å². The second-order valence-electron chi connectivity index (χ2n) is 18.3. The fourth-order valence-electron chi connectivity index (χ4n) is 11.8. The molecule has 0 aromatic heterocycles. The van der Waals surface area contributed by atoms with Gasteiger partial charge in [-0.05, 0) is 147 Å². The molecule has 3 unspecified atom stereocenters. The van der Waals surface area contributed by atoms with Gasteiger partial charge in [0, 0.05) is 22.4 Å². The molecule has 57 heavy (non-hydrogen) atoms. The molecule has 11 rings (SSSR count). The van der Waals surface area contributed by atoms with E-state index in [2.05, 4.69) is 170 Å². The summed E-state index contributed by atoms with van der Waals surface area (Å²) in [6.07, 6.45) is 12.3. The molecule has 7 aromatic carbocycles. The molecule has 0 aliphatic heterocycles. The Kier molecular flexibility index (Phi) is 8.50. The van der Waals surface area contributed by atoms with Gasteiger partial charge in [-0.3, -0.25) is 0 Å². The number of fused-ring (bicyclic) bond motifs is 6. The van der Waals surface area contributed by atoms with E-state index in [-0.39, 0.29) is 5.41 Å². The van der Waals surface area contributed by atoms with E-state index in [1.807, 2.05) is 0 Å². The van der Waals surface area contributed by atoms with Crippen molar-refractivity contribution in [3.05, 3.63) is 174 Å². The maximum atomic E-state index is 2.58. The van der Waals surface area contributed by atoms with Crippen LogP contribution in [0.5, 0.6) is 0 Å². The Bertz CT molecular complexity index is 2590. The van der Waals surface area contributed by atoms with Crippen molar-refractivity contribution >= 4 is 27.8 Å². The number of anilines is 3. The molecule has 2 bridgehead atoms. The molecule has 1 nitrogen and oxygen atoms in total. The Morgan fingerprint density at radius 1 is 0.509 bits per heavy atom. The lowest BCUT2D eigenvalue weighted by atomic mass is 9.78. The van der Waals surface area contributed by atoms with Gasteiger partial charge in [0.1, 0.15) is 0 Å². The first kappa shape index (κ1) is 34.8. The zero-order valence-corrected chi connectivity index (χ0v) is 33.6. The monoisotopic (exact) mass is 739 g/mol. The molecule has 0 spiro atoms. The predicted molar refractivity (Wildman–Crippen MR) is 241 cm³/mol. The van der Waals surface area contributed by atoms with Crippen LogP contribution in [0.1, 0.15) is 106 Å². The predicted octanol–water partition coefficient (Wildman–Crippen LogP) is 15.9. The van der Waals surface area contributed by atoms with E-state index in [1.165, 1.54) is 141 Å². The highest BCUT2D eigenvalue weighted by Gasteiger charge is 2.41. The summed E-state index contributed by atoms with van der Waals surface area (Å²) < 4.78 is 0. The summed E-state index contributed by atoms with van der Waals surface area (Å²) in [5.74, 6) is 3.18. The Morgan fingerprint density at radius 3 is 1.98 bits per heavy atom. The zero-order chi connectivity index (χ0) is 38.1. The largest absolute Gasteiger partial charge is 0.310 e. The molecular weight excluding hydrogens is 687 g/mol. The summed E-state index contributed by atoms with van der Waals surface area (Å²) >= 11 is 0. The second-order valence-corrected chi connectivity index (χ2v) is 18.3. The summed E-state index contributed by atoms with van der Waals surface area (Å²) in [6.45, 7) is 4.86. The molecule has 3 fully saturated rings. The fourth-order valence-corrected chi connectivity index (χ4v) is 11.8. The summed E-state index contributed by atoms with van der Waals surface area (Å²) in [5, 5.41) is 2.65. The van der Waals surface area contributed by atoms with Crippen molar-refractivity contribution in [2.45, 2.75) is 88.9 Å². The van der Waals surface area contributed by atoms with Gasteiger partial charge in [0.15, 0.2) is 0 Å². The van der Waals surface area contributed by atoms with Crippen LogP contribution >= 0.6 is 0 Å². The third kappa shape index (κ3) is 5.96. The molecule has 4 aliphatic rings. The lowest BCUT2D eigenvalue weighted by molar-refractivity contribution is 0.420. The van der Waals surface area contributed by atoms with Crippen LogP contribution in [0.25, 0.3) is 44.2 Å². The normalized spacial score (nSPS) is 20.8. The highest BCUT2D eigenvalue weighted by atomic mass is 15.1. The third-order valence-electron chi connectivity index (χ3n) is 14.7. The lowest BCUT2D eigenvalue weighted by Crippen LogP contribution is -2.19. The minimum absolute atomic E-state index is 0.176. The standard InChI is InChI=1S/C56H53N/c1-56(2)52-16-10-9-15-49(52)50-31-32-53(54(55(50)56)43-22-19-40(20-23-43)38-11-5-3-6-12-38)57(47-28-26-42(27-29-47)51-34-37-17-18-45(51)33-37)48-30-25-41-21-24-44(35-46(41)36-48)39-13-7-4-8-14-39/h3,5-6,9-12,15-16,19-32,35-37,39,45,51H,4,7-8,13-14,17-18,33-34H2,1-2H3. The molecule has 0 N–H and O–H groups in total. The van der Waals surface area contributed by atoms with Crippen LogP contribution in [0, 0.1) is 11.8 Å². The quantitative estimate of drug-likeness (QED) is 0.157. The molecule has 0 amide bonds. The van der Waals surface area contributed by atoms with E-state index in [4.69, 9.17) is 0 Å². The van der Waals surface area contributed by atoms with Crippen molar-refractivity contribution in [2.24, 2.45) is 11.8 Å². The van der Waals surface area contributed by atoms with Gasteiger partial charge >= 0.3 is 0 Å². The molecule has 0 radical (unpaired) electrons. The van der Waals surface area contributed by atoms with Crippen molar-refractivity contribution in [2.75, 3.05) is 4.90 Å². The fraction of sp³-hybridized carbons (Fsp3) is 0.286. The summed E-state index contributed by atoms with van der Waals surface area (Å²) in [4.78, 5) is 2.58. The molecule has 0 heterocycles. The van der Waals surface area contributed by atoms with Gasteiger partial charge in [0.25, 0.3) is 0 Å². The maximum Gasteiger partial charge on any atom is 0.0543 e. The average molecular weight is 740 g/mol. The highest BCUT2D eigenvalue weighted by molar-refractivity contribution is 5.99. The Labute approximate surface area is 339 Å². The van der Waals surface area contributed by atoms with Gasteiger partial charge in [0.05, 0.1) is 5.69 Å². The first-order valence-corrected chi connectivity index (χ1v) is 21.9. The topological polar surface area (TPSA) is 3.24 Å². The van der Waals surface area contributed by atoms with Crippen LogP contribution in [0.2, 0.25) is 0 Å². The highest BCUT2D eigenvalue weighted by Crippen LogP contribution is 2.57. The van der Waals surface area contributed by atoms with E-state index in [0.29, 0.717) is 11.8 Å². The van der Waals surface area contributed by atoms with Crippen molar-refractivity contribution in [1.29, 1.82) is 0 Å². The Morgan fingerprint density at radius 2 is 1.21 bits per heavy atom. The minimum atomic E-state index is -0.176. The van der Waals surface area contributed by atoms with Crippen molar-refractivity contribution < 1.29 is 0 Å². The third-order valence-corrected chi connectivity index (χ3v) is 14.7. The molecule has 1 heteroatoms. The van der Waals surface area contributed by atoms with Crippen LogP contribution in [-0.2, 0) is 5.41 Å². The van der Waals surface area contributed by atoms with Gasteiger partial charge in [0.2, 0.25) is 0 Å². The summed E-state index contributed by atoms with van der Waals surface area (Å²) in [6, 6.07) is 58.3. The summed E-state index contributed by atoms with van der Waals surface area (Å²) in [5.41, 5.74) is 17.1. The molecule has 282 valence electrons. The summed E-state index contributed by atoms with van der Waals surface area (Å²) in [7, 11) is 0. The molecule has 3 saturated carbocycles. The van der Waals surface area contributed by atoms with Crippen LogP contribution in [0.3, 0.4) is 0 Å². The molecule has 0 saturated heterocycles. The van der Waals surface area contributed by atoms with E-state index in [0.717, 1.165) is 11.8 Å². The number of rotatable bonds is 7. The van der Waals surface area contributed by atoms with Crippen molar-refractivity contribution in [3.8, 4) is 33.4 Å². The number of hydrogen-bond donors (Lipinski definition) is 0. The number of nitrogens with zero attached hydrogens (tertiary/aromatic N) is 1. The second kappa shape index (κ2) is 13.9. The van der Waals surface area contributed by atoms with E-state index >= 15 is 0 Å². The smallest absolute Gasteiger partial charge is 0.0543 e. The molecule has 3 atom stereocenters. The van der Waals surface area contributed by atoms with Gasteiger partial charge in [-0.15, -0.1) is 0 Å². The van der Waals surface area contributed by atoms with E-state index < -0.39 is 0 Å². The SMILES string of the molecule is CC1(C)c2ccccc2-c2ccc(N(c3ccc(C4CC5CCC4C5)cc3)c3ccc4ccc(C5CCCCC5)cc4c3)c(-c3ccc(-c4ccccc4)cc3)c21. The minimum Gasteiger partial charge on any atom is -0.310 e. The van der Waals surface area contributed by atoms with E-state index in [1.54, 1.807) is 0 Å². The molecule has 4 aliphatic carbocycles. The number of benzene rings is 7. The van der Waals surface area contributed by atoms with Gasteiger partial charge in [-0.25, -0.2) is 0 Å². The maximum absolute atomic E-state index is 2.58. The Hall–Kier alpha value is -5.40. The lowest BCUT2D eigenvalue weighted by Gasteiger charge is -2.33. The Balaban J connectivity index is 1.11. The van der Waals surface area contributed by atoms with Crippen molar-refractivity contribution in [1.82, 2.24) is 0 Å². The van der Waals surface area contributed by atoms with Crippen LogP contribution in [0.15, 0.2) is 152 Å².